The Morgan fingerprint density at radius 2 is 1.73 bits per heavy atom. The Balaban J connectivity index is 1.11. The number of hydrogen-bond donors (Lipinski definition) is 3. The van der Waals surface area contributed by atoms with Crippen molar-refractivity contribution in [1.29, 1.82) is 0 Å². The highest BCUT2D eigenvalue weighted by molar-refractivity contribution is 6.35. The molecule has 3 amide bonds. The number of likely N-dealkylation sites (tertiary alicyclic amines) is 1. The summed E-state index contributed by atoms with van der Waals surface area (Å²) in [6, 6.07) is 11.3. The van der Waals surface area contributed by atoms with Gasteiger partial charge in [-0.25, -0.2) is 9.78 Å². The third-order valence-electron chi connectivity index (χ3n) is 11.2. The molecule has 2 aliphatic heterocycles. The zero-order chi connectivity index (χ0) is 42.7. The molecule has 318 valence electrons. The van der Waals surface area contributed by atoms with Crippen molar-refractivity contribution in [3.63, 3.8) is 0 Å². The van der Waals surface area contributed by atoms with E-state index in [1.807, 2.05) is 6.07 Å². The number of carboxylic acid groups (broad SMARTS) is 1. The largest absolute Gasteiger partial charge is 0.481 e. The van der Waals surface area contributed by atoms with Gasteiger partial charge in [0, 0.05) is 80.1 Å². The SMILES string of the molecule is COc1nc(-c2ccnc(-c3cccc4c3CC[C@@H]4Oc3nc(OC)c(CNC4CCN(C(C)=O)CC4)cc3C(F)(F)F)c2Cl)ccc1CN(C[C@@H]1CCC(=O)N1)C(=O)O. The van der Waals surface area contributed by atoms with E-state index in [0.29, 0.717) is 85.3 Å². The van der Waals surface area contributed by atoms with Crippen molar-refractivity contribution in [2.75, 3.05) is 33.9 Å². The first-order valence-corrected chi connectivity index (χ1v) is 20.0. The molecule has 2 saturated heterocycles. The Bertz CT molecular complexity index is 2270. The maximum absolute atomic E-state index is 14.6. The van der Waals surface area contributed by atoms with E-state index in [1.165, 1.54) is 26.0 Å². The van der Waals surface area contributed by atoms with Gasteiger partial charge in [0.2, 0.25) is 29.5 Å². The van der Waals surface area contributed by atoms with Gasteiger partial charge in [0.05, 0.1) is 37.2 Å². The van der Waals surface area contributed by atoms with Gasteiger partial charge in [0.1, 0.15) is 11.7 Å². The summed E-state index contributed by atoms with van der Waals surface area (Å²) in [7, 11) is 2.78. The highest BCUT2D eigenvalue weighted by Crippen LogP contribution is 2.45. The van der Waals surface area contributed by atoms with Crippen molar-refractivity contribution < 1.29 is 46.9 Å². The Morgan fingerprint density at radius 3 is 2.40 bits per heavy atom. The van der Waals surface area contributed by atoms with E-state index in [-0.39, 0.29) is 65.9 Å². The van der Waals surface area contributed by atoms with Crippen LogP contribution in [0.25, 0.3) is 22.5 Å². The fourth-order valence-corrected chi connectivity index (χ4v) is 8.42. The molecular weight excluding hydrogens is 807 g/mol. The number of ether oxygens (including phenoxy) is 3. The van der Waals surface area contributed by atoms with Crippen molar-refractivity contribution in [3.8, 4) is 40.2 Å². The monoisotopic (exact) mass is 851 g/mol. The highest BCUT2D eigenvalue weighted by atomic mass is 35.5. The minimum Gasteiger partial charge on any atom is -0.481 e. The first-order chi connectivity index (χ1) is 28.7. The smallest absolute Gasteiger partial charge is 0.421 e. The number of pyridine rings is 3. The van der Waals surface area contributed by atoms with Crippen LogP contribution < -0.4 is 24.8 Å². The summed E-state index contributed by atoms with van der Waals surface area (Å²) in [6.45, 7) is 2.84. The molecule has 2 fully saturated rings. The van der Waals surface area contributed by atoms with Gasteiger partial charge in [-0.1, -0.05) is 29.8 Å². The highest BCUT2D eigenvalue weighted by Gasteiger charge is 2.39. The number of alkyl halides is 3. The van der Waals surface area contributed by atoms with Gasteiger partial charge in [-0.15, -0.1) is 0 Å². The Labute approximate surface area is 349 Å². The van der Waals surface area contributed by atoms with Gasteiger partial charge in [0.15, 0.2) is 0 Å². The zero-order valence-corrected chi connectivity index (χ0v) is 34.0. The van der Waals surface area contributed by atoms with Gasteiger partial charge in [-0.2, -0.15) is 18.2 Å². The molecular formula is C42H45ClF3N7O7. The fraction of sp³-hybridized carbons (Fsp3) is 0.429. The van der Waals surface area contributed by atoms with Crippen LogP contribution >= 0.6 is 11.6 Å². The molecule has 14 nitrogen and oxygen atoms in total. The van der Waals surface area contributed by atoms with Gasteiger partial charge in [0.25, 0.3) is 0 Å². The molecule has 2 atom stereocenters. The van der Waals surface area contributed by atoms with E-state index in [2.05, 4.69) is 25.6 Å². The molecule has 3 aliphatic rings. The molecule has 1 aliphatic carbocycles. The third kappa shape index (κ3) is 9.21. The quantitative estimate of drug-likeness (QED) is 0.129. The van der Waals surface area contributed by atoms with Crippen LogP contribution in [0.4, 0.5) is 18.0 Å². The number of carbonyl (C=O) groups is 3. The molecule has 0 saturated carbocycles. The number of fused-ring (bicyclic) bond motifs is 1. The van der Waals surface area contributed by atoms with Gasteiger partial charge < -0.3 is 39.8 Å². The van der Waals surface area contributed by atoms with Gasteiger partial charge in [-0.3, -0.25) is 14.6 Å². The van der Waals surface area contributed by atoms with Crippen molar-refractivity contribution in [2.45, 2.75) is 82.9 Å². The summed E-state index contributed by atoms with van der Waals surface area (Å²) in [4.78, 5) is 52.0. The fourth-order valence-electron chi connectivity index (χ4n) is 8.11. The molecule has 18 heteroatoms. The first-order valence-electron chi connectivity index (χ1n) is 19.6. The van der Waals surface area contributed by atoms with Crippen molar-refractivity contribution in [1.82, 2.24) is 35.4 Å². The number of piperidine rings is 1. The number of rotatable bonds is 13. The van der Waals surface area contributed by atoms with Crippen LogP contribution in [-0.2, 0) is 35.3 Å². The van der Waals surface area contributed by atoms with Crippen molar-refractivity contribution in [3.05, 3.63) is 81.5 Å². The zero-order valence-electron chi connectivity index (χ0n) is 33.3. The van der Waals surface area contributed by atoms with E-state index in [9.17, 15) is 32.7 Å². The Morgan fingerprint density at radius 1 is 0.983 bits per heavy atom. The lowest BCUT2D eigenvalue weighted by atomic mass is 9.98. The standard InChI is InChI=1S/C42H45ClF3N7O7/c1-23(54)52-17-14-26(15-18-52)48-20-25-19-32(42(44,45)46)40(51-39(25)59-3)60-34-11-9-28-29(34)5-4-6-30(28)37-36(43)31(13-16-47-37)33-10-7-24(38(50-33)58-2)21-53(41(56)57)22-27-8-12-35(55)49-27/h4-7,10,13,16,19,26-27,34,48H,8-9,11-12,14-15,17-18,20-22H2,1-3H3,(H,49,55)(H,56,57)/t27-,34-/m0/s1. The summed E-state index contributed by atoms with van der Waals surface area (Å²) < 4.78 is 61.0. The van der Waals surface area contributed by atoms with Crippen LogP contribution in [0.2, 0.25) is 5.02 Å². The lowest BCUT2D eigenvalue weighted by Gasteiger charge is -2.32. The third-order valence-corrected chi connectivity index (χ3v) is 11.6. The molecule has 3 N–H and O–H groups in total. The van der Waals surface area contributed by atoms with Crippen LogP contribution in [0.1, 0.15) is 72.9 Å². The number of hydrogen-bond acceptors (Lipinski definition) is 10. The first kappa shape index (κ1) is 42.4. The van der Waals surface area contributed by atoms with Crippen LogP contribution in [0.15, 0.2) is 48.7 Å². The number of carbonyl (C=O) groups excluding carboxylic acids is 2. The predicted molar refractivity (Wildman–Crippen MR) is 214 cm³/mol. The second-order valence-corrected chi connectivity index (χ2v) is 15.4. The summed E-state index contributed by atoms with van der Waals surface area (Å²) in [5.74, 6) is -0.483. The number of amides is 3. The van der Waals surface area contributed by atoms with Crippen LogP contribution in [0.3, 0.4) is 0 Å². The van der Waals surface area contributed by atoms with E-state index < -0.39 is 29.8 Å². The minimum absolute atomic E-state index is 0.00255. The summed E-state index contributed by atoms with van der Waals surface area (Å²) >= 11 is 7.06. The lowest BCUT2D eigenvalue weighted by molar-refractivity contribution is -0.139. The molecule has 60 heavy (non-hydrogen) atoms. The van der Waals surface area contributed by atoms with Gasteiger partial charge >= 0.3 is 12.3 Å². The molecule has 0 radical (unpaired) electrons. The normalized spacial score (nSPS) is 17.9. The average Bonchev–Trinajstić information content (AvgIpc) is 3.84. The predicted octanol–water partition coefficient (Wildman–Crippen LogP) is 6.82. The van der Waals surface area contributed by atoms with E-state index in [4.69, 9.17) is 25.8 Å². The van der Waals surface area contributed by atoms with Crippen molar-refractivity contribution in [2.24, 2.45) is 0 Å². The maximum atomic E-state index is 14.6. The maximum Gasteiger partial charge on any atom is 0.421 e. The van der Waals surface area contributed by atoms with Crippen LogP contribution in [0, 0.1) is 0 Å². The number of aromatic nitrogens is 3. The van der Waals surface area contributed by atoms with E-state index in [0.717, 1.165) is 11.6 Å². The second-order valence-electron chi connectivity index (χ2n) is 15.0. The number of benzene rings is 1. The molecule has 0 bridgehead atoms. The molecule has 5 heterocycles. The minimum atomic E-state index is -4.77. The molecule has 3 aromatic heterocycles. The number of nitrogens with one attached hydrogen (secondary N) is 2. The van der Waals surface area contributed by atoms with E-state index >= 15 is 0 Å². The number of methoxy groups -OCH3 is 2. The summed E-state index contributed by atoms with van der Waals surface area (Å²) in [5, 5.41) is 16.3. The van der Waals surface area contributed by atoms with Crippen LogP contribution in [-0.4, -0.2) is 93.7 Å². The molecule has 7 rings (SSSR count). The van der Waals surface area contributed by atoms with Crippen LogP contribution in [0.5, 0.6) is 17.6 Å². The number of halogens is 4. The summed E-state index contributed by atoms with van der Waals surface area (Å²) in [6.07, 6.45) is -2.01. The van der Waals surface area contributed by atoms with Gasteiger partial charge in [-0.05, 0) is 67.5 Å². The van der Waals surface area contributed by atoms with Crippen molar-refractivity contribution >= 4 is 29.5 Å². The summed E-state index contributed by atoms with van der Waals surface area (Å²) in [5.41, 5.74) is 3.33. The molecule has 1 aromatic carbocycles. The number of nitrogens with zero attached hydrogens (tertiary/aromatic N) is 5. The second kappa shape index (κ2) is 17.9. The lowest BCUT2D eigenvalue weighted by Crippen LogP contribution is -2.44. The average molecular weight is 852 g/mol. The molecule has 4 aromatic rings. The van der Waals surface area contributed by atoms with E-state index in [1.54, 1.807) is 41.4 Å². The Hall–Kier alpha value is -5.68. The molecule has 0 unspecified atom stereocenters. The molecule has 0 spiro atoms. The topological polar surface area (TPSA) is 168 Å². The Kier molecular flexibility index (Phi) is 12.7.